The number of rotatable bonds is 5. The smallest absolute Gasteiger partial charge is 0.407 e. The first-order chi connectivity index (χ1) is 6.45. The molecule has 0 aliphatic rings. The van der Waals surface area contributed by atoms with Gasteiger partial charge in [-0.1, -0.05) is 26.7 Å². The normalized spacial score (nSPS) is 11.6. The molecule has 1 amide bonds. The van der Waals surface area contributed by atoms with E-state index in [1.165, 1.54) is 7.11 Å². The van der Waals surface area contributed by atoms with Gasteiger partial charge in [-0.3, -0.25) is 0 Å². The molecule has 0 saturated heterocycles. The molecule has 0 aromatic carbocycles. The number of alkyl carbamates (subject to hydrolysis) is 1. The van der Waals surface area contributed by atoms with Gasteiger partial charge in [0.25, 0.3) is 0 Å². The Labute approximate surface area is 87.2 Å². The summed E-state index contributed by atoms with van der Waals surface area (Å²) in [6.07, 6.45) is 2.96. The second kappa shape index (κ2) is 5.89. The van der Waals surface area contributed by atoms with Crippen molar-refractivity contribution in [3.05, 3.63) is 0 Å². The Balaban J connectivity index is 4.10. The zero-order valence-electron chi connectivity index (χ0n) is 10.0. The molecule has 0 spiro atoms. The van der Waals surface area contributed by atoms with Crippen molar-refractivity contribution >= 4 is 6.09 Å². The van der Waals surface area contributed by atoms with Crippen LogP contribution in [-0.2, 0) is 4.74 Å². The summed E-state index contributed by atoms with van der Waals surface area (Å²) >= 11 is 0. The molecule has 0 unspecified atom stereocenters. The highest BCUT2D eigenvalue weighted by atomic mass is 16.5. The van der Waals surface area contributed by atoms with Gasteiger partial charge < -0.3 is 10.1 Å². The van der Waals surface area contributed by atoms with E-state index in [9.17, 15) is 4.79 Å². The minimum absolute atomic E-state index is 0.177. The number of carbonyl (C=O) groups is 1. The van der Waals surface area contributed by atoms with Crippen LogP contribution in [0.25, 0.3) is 0 Å². The van der Waals surface area contributed by atoms with E-state index in [0.29, 0.717) is 5.92 Å². The lowest BCUT2D eigenvalue weighted by atomic mass is 9.87. The van der Waals surface area contributed by atoms with Crippen molar-refractivity contribution in [1.29, 1.82) is 0 Å². The fourth-order valence-corrected chi connectivity index (χ4v) is 1.68. The number of methoxy groups -OCH3 is 1. The highest BCUT2D eigenvalue weighted by Crippen LogP contribution is 2.21. The molecule has 0 aliphatic carbocycles. The molecule has 0 rings (SSSR count). The first kappa shape index (κ1) is 13.3. The summed E-state index contributed by atoms with van der Waals surface area (Å²) in [5, 5.41) is 2.84. The van der Waals surface area contributed by atoms with Crippen LogP contribution >= 0.6 is 0 Å². The van der Waals surface area contributed by atoms with Gasteiger partial charge in [0.15, 0.2) is 0 Å². The van der Waals surface area contributed by atoms with Crippen LogP contribution in [0, 0.1) is 5.92 Å². The number of nitrogens with one attached hydrogen (secondary N) is 1. The molecule has 0 aromatic heterocycles. The maximum atomic E-state index is 11.1. The summed E-state index contributed by atoms with van der Waals surface area (Å²) in [4.78, 5) is 11.1. The Morgan fingerprint density at radius 1 is 1.36 bits per heavy atom. The zero-order chi connectivity index (χ0) is 11.2. The lowest BCUT2D eigenvalue weighted by molar-refractivity contribution is 0.154. The Morgan fingerprint density at radius 2 is 1.86 bits per heavy atom. The van der Waals surface area contributed by atoms with Gasteiger partial charge in [-0.05, 0) is 26.2 Å². The molecule has 0 atom stereocenters. The van der Waals surface area contributed by atoms with E-state index in [0.717, 1.165) is 19.3 Å². The summed E-state index contributed by atoms with van der Waals surface area (Å²) in [5.74, 6) is 0.669. The van der Waals surface area contributed by atoms with Crippen molar-refractivity contribution in [1.82, 2.24) is 5.32 Å². The number of hydrogen-bond donors (Lipinski definition) is 1. The fraction of sp³-hybridized carbons (Fsp3) is 0.909. The van der Waals surface area contributed by atoms with Gasteiger partial charge in [0.2, 0.25) is 0 Å². The molecule has 0 aromatic rings. The van der Waals surface area contributed by atoms with E-state index in [2.05, 4.69) is 23.9 Å². The standard InChI is InChI=1S/C11H23NO2/c1-6-9(7-2)8-11(3,4)12-10(13)14-5/h9H,6-8H2,1-5H3,(H,12,13). The van der Waals surface area contributed by atoms with Crippen molar-refractivity contribution in [2.45, 2.75) is 52.5 Å². The van der Waals surface area contributed by atoms with Crippen LogP contribution < -0.4 is 5.32 Å². The second-order valence-electron chi connectivity index (χ2n) is 4.39. The highest BCUT2D eigenvalue weighted by Gasteiger charge is 2.23. The monoisotopic (exact) mass is 201 g/mol. The van der Waals surface area contributed by atoms with Crippen LogP contribution in [0.5, 0.6) is 0 Å². The van der Waals surface area contributed by atoms with Crippen molar-refractivity contribution in [2.75, 3.05) is 7.11 Å². The summed E-state index contributed by atoms with van der Waals surface area (Å²) in [6.45, 7) is 8.43. The maximum absolute atomic E-state index is 11.1. The van der Waals surface area contributed by atoms with Gasteiger partial charge in [0.05, 0.1) is 7.11 Å². The van der Waals surface area contributed by atoms with E-state index in [1.807, 2.05) is 13.8 Å². The van der Waals surface area contributed by atoms with Crippen LogP contribution in [0.4, 0.5) is 4.79 Å². The summed E-state index contributed by atoms with van der Waals surface area (Å²) in [5.41, 5.74) is -0.177. The van der Waals surface area contributed by atoms with Crippen LogP contribution in [0.15, 0.2) is 0 Å². The molecule has 0 bridgehead atoms. The fourth-order valence-electron chi connectivity index (χ4n) is 1.68. The third kappa shape index (κ3) is 5.10. The van der Waals surface area contributed by atoms with E-state index in [1.54, 1.807) is 0 Å². The van der Waals surface area contributed by atoms with E-state index in [4.69, 9.17) is 0 Å². The molecule has 3 heteroatoms. The first-order valence-electron chi connectivity index (χ1n) is 5.31. The number of ether oxygens (including phenoxy) is 1. The van der Waals surface area contributed by atoms with Gasteiger partial charge in [0, 0.05) is 5.54 Å². The number of hydrogen-bond acceptors (Lipinski definition) is 2. The molecule has 3 nitrogen and oxygen atoms in total. The van der Waals surface area contributed by atoms with Crippen molar-refractivity contribution < 1.29 is 9.53 Å². The Kier molecular flexibility index (Phi) is 5.58. The summed E-state index contributed by atoms with van der Waals surface area (Å²) < 4.78 is 4.58. The van der Waals surface area contributed by atoms with Gasteiger partial charge in [-0.15, -0.1) is 0 Å². The van der Waals surface area contributed by atoms with Gasteiger partial charge >= 0.3 is 6.09 Å². The maximum Gasteiger partial charge on any atom is 0.407 e. The lowest BCUT2D eigenvalue weighted by Gasteiger charge is -2.29. The molecule has 0 aliphatic heterocycles. The van der Waals surface area contributed by atoms with Crippen LogP contribution in [0.2, 0.25) is 0 Å². The molecule has 14 heavy (non-hydrogen) atoms. The van der Waals surface area contributed by atoms with Crippen LogP contribution in [-0.4, -0.2) is 18.7 Å². The van der Waals surface area contributed by atoms with Gasteiger partial charge in [-0.2, -0.15) is 0 Å². The Bertz CT molecular complexity index is 174. The van der Waals surface area contributed by atoms with Crippen LogP contribution in [0.1, 0.15) is 47.0 Å². The lowest BCUT2D eigenvalue weighted by Crippen LogP contribution is -2.44. The zero-order valence-corrected chi connectivity index (χ0v) is 10.0. The first-order valence-corrected chi connectivity index (χ1v) is 5.31. The molecule has 1 N–H and O–H groups in total. The van der Waals surface area contributed by atoms with E-state index in [-0.39, 0.29) is 11.6 Å². The quantitative estimate of drug-likeness (QED) is 0.742. The summed E-state index contributed by atoms with van der Waals surface area (Å²) in [6, 6.07) is 0. The predicted molar refractivity (Wildman–Crippen MR) is 58.3 cm³/mol. The molecule has 0 radical (unpaired) electrons. The highest BCUT2D eigenvalue weighted by molar-refractivity contribution is 5.67. The van der Waals surface area contributed by atoms with Gasteiger partial charge in [0.1, 0.15) is 0 Å². The minimum Gasteiger partial charge on any atom is -0.453 e. The SMILES string of the molecule is CCC(CC)CC(C)(C)NC(=O)OC. The Morgan fingerprint density at radius 3 is 2.21 bits per heavy atom. The van der Waals surface area contributed by atoms with E-state index >= 15 is 0 Å². The molecule has 0 heterocycles. The number of amides is 1. The topological polar surface area (TPSA) is 38.3 Å². The molecule has 84 valence electrons. The molecular weight excluding hydrogens is 178 g/mol. The molecule has 0 saturated carbocycles. The predicted octanol–water partition coefficient (Wildman–Crippen LogP) is 2.95. The molecule has 0 fully saturated rings. The summed E-state index contributed by atoms with van der Waals surface area (Å²) in [7, 11) is 1.39. The Hall–Kier alpha value is -0.730. The number of carbonyl (C=O) groups excluding carboxylic acids is 1. The molecular formula is C11H23NO2. The van der Waals surface area contributed by atoms with E-state index < -0.39 is 0 Å². The minimum atomic E-state index is -0.346. The third-order valence-electron chi connectivity index (χ3n) is 2.58. The average molecular weight is 201 g/mol. The third-order valence-corrected chi connectivity index (χ3v) is 2.58. The van der Waals surface area contributed by atoms with Gasteiger partial charge in [-0.25, -0.2) is 4.79 Å². The van der Waals surface area contributed by atoms with Crippen molar-refractivity contribution in [3.8, 4) is 0 Å². The largest absolute Gasteiger partial charge is 0.453 e. The second-order valence-corrected chi connectivity index (χ2v) is 4.39. The van der Waals surface area contributed by atoms with Crippen molar-refractivity contribution in [2.24, 2.45) is 5.92 Å². The van der Waals surface area contributed by atoms with Crippen LogP contribution in [0.3, 0.4) is 0 Å². The van der Waals surface area contributed by atoms with Crippen molar-refractivity contribution in [3.63, 3.8) is 0 Å². The average Bonchev–Trinajstić information content (AvgIpc) is 2.13.